The van der Waals surface area contributed by atoms with Gasteiger partial charge in [0.15, 0.2) is 0 Å². The van der Waals surface area contributed by atoms with E-state index in [2.05, 4.69) is 19.7 Å². The van der Waals surface area contributed by atoms with Crippen LogP contribution in [0.1, 0.15) is 34.9 Å². The molecule has 0 saturated carbocycles. The van der Waals surface area contributed by atoms with Gasteiger partial charge in [-0.2, -0.15) is 5.10 Å². The van der Waals surface area contributed by atoms with Crippen molar-refractivity contribution in [1.29, 1.82) is 0 Å². The maximum Gasteiger partial charge on any atom is 0.271 e. The number of imidazole rings is 1. The molecular weight excluding hydrogens is 314 g/mol. The SMILES string of the molecule is Cc1ccccc1-c1cc(C(=O)N2CCCC(n3ccnc3)C2)[nH]n1. The van der Waals surface area contributed by atoms with E-state index in [1.54, 1.807) is 6.20 Å². The van der Waals surface area contributed by atoms with E-state index in [1.807, 2.05) is 54.7 Å². The van der Waals surface area contributed by atoms with Crippen molar-refractivity contribution < 1.29 is 4.79 Å². The van der Waals surface area contributed by atoms with Gasteiger partial charge >= 0.3 is 0 Å². The second kappa shape index (κ2) is 6.55. The first-order chi connectivity index (χ1) is 12.2. The van der Waals surface area contributed by atoms with Crippen LogP contribution in [0.4, 0.5) is 0 Å². The summed E-state index contributed by atoms with van der Waals surface area (Å²) < 4.78 is 2.09. The van der Waals surface area contributed by atoms with Crippen LogP contribution in [0, 0.1) is 6.92 Å². The Kier molecular flexibility index (Phi) is 4.09. The molecule has 6 nitrogen and oxygen atoms in total. The molecule has 1 atom stereocenters. The molecule has 1 fully saturated rings. The van der Waals surface area contributed by atoms with E-state index < -0.39 is 0 Å². The number of nitrogens with zero attached hydrogens (tertiary/aromatic N) is 4. The smallest absolute Gasteiger partial charge is 0.271 e. The number of carbonyl (C=O) groups excluding carboxylic acids is 1. The molecule has 1 saturated heterocycles. The van der Waals surface area contributed by atoms with Gasteiger partial charge in [0.25, 0.3) is 5.91 Å². The van der Waals surface area contributed by atoms with Crippen LogP contribution in [0.15, 0.2) is 49.1 Å². The number of aromatic nitrogens is 4. The zero-order chi connectivity index (χ0) is 17.2. The molecule has 0 aliphatic carbocycles. The second-order valence-electron chi connectivity index (χ2n) is 6.54. The molecule has 128 valence electrons. The summed E-state index contributed by atoms with van der Waals surface area (Å²) in [5, 5.41) is 7.26. The molecule has 4 rings (SSSR count). The maximum atomic E-state index is 12.9. The van der Waals surface area contributed by atoms with Crippen molar-refractivity contribution in [3.63, 3.8) is 0 Å². The van der Waals surface area contributed by atoms with Gasteiger partial charge < -0.3 is 9.47 Å². The lowest BCUT2D eigenvalue weighted by Crippen LogP contribution is -2.40. The highest BCUT2D eigenvalue weighted by Crippen LogP contribution is 2.25. The molecule has 0 spiro atoms. The Bertz CT molecular complexity index is 868. The highest BCUT2D eigenvalue weighted by Gasteiger charge is 2.26. The number of amides is 1. The van der Waals surface area contributed by atoms with Gasteiger partial charge in [0.05, 0.1) is 18.1 Å². The maximum absolute atomic E-state index is 12.9. The summed E-state index contributed by atoms with van der Waals surface area (Å²) >= 11 is 0. The van der Waals surface area contributed by atoms with Crippen LogP contribution in [0.25, 0.3) is 11.3 Å². The summed E-state index contributed by atoms with van der Waals surface area (Å²) in [5.41, 5.74) is 3.55. The van der Waals surface area contributed by atoms with E-state index in [0.717, 1.165) is 36.2 Å². The third kappa shape index (κ3) is 3.07. The van der Waals surface area contributed by atoms with Crippen LogP contribution in [0.2, 0.25) is 0 Å². The number of H-pyrrole nitrogens is 1. The lowest BCUT2D eigenvalue weighted by atomic mass is 10.0. The number of benzene rings is 1. The first kappa shape index (κ1) is 15.6. The zero-order valence-corrected chi connectivity index (χ0v) is 14.2. The fourth-order valence-electron chi connectivity index (χ4n) is 3.47. The summed E-state index contributed by atoms with van der Waals surface area (Å²) in [6.45, 7) is 3.53. The highest BCUT2D eigenvalue weighted by atomic mass is 16.2. The Labute approximate surface area is 146 Å². The monoisotopic (exact) mass is 335 g/mol. The second-order valence-corrected chi connectivity index (χ2v) is 6.54. The van der Waals surface area contributed by atoms with Crippen LogP contribution in [-0.2, 0) is 0 Å². The molecule has 3 aromatic rings. The number of aryl methyl sites for hydroxylation is 1. The van der Waals surface area contributed by atoms with Crippen LogP contribution >= 0.6 is 0 Å². The van der Waals surface area contributed by atoms with Gasteiger partial charge in [-0.1, -0.05) is 24.3 Å². The molecule has 1 aliphatic heterocycles. The van der Waals surface area contributed by atoms with Gasteiger partial charge in [0, 0.05) is 31.0 Å². The standard InChI is InChI=1S/C19H21N5O/c1-14-5-2-3-7-16(14)17-11-18(22-21-17)19(25)23-9-4-6-15(12-23)24-10-8-20-13-24/h2-3,5,7-8,10-11,13,15H,4,6,9,12H2,1H3,(H,21,22). The number of nitrogens with one attached hydrogen (secondary N) is 1. The summed E-state index contributed by atoms with van der Waals surface area (Å²) in [4.78, 5) is 18.9. The number of hydrogen-bond acceptors (Lipinski definition) is 3. The van der Waals surface area contributed by atoms with Crippen molar-refractivity contribution in [1.82, 2.24) is 24.6 Å². The average molecular weight is 335 g/mol. The molecule has 25 heavy (non-hydrogen) atoms. The van der Waals surface area contributed by atoms with E-state index in [-0.39, 0.29) is 5.91 Å². The third-order valence-electron chi connectivity index (χ3n) is 4.86. The Morgan fingerprint density at radius 1 is 1.32 bits per heavy atom. The molecule has 1 unspecified atom stereocenters. The van der Waals surface area contributed by atoms with E-state index >= 15 is 0 Å². The predicted octanol–water partition coefficient (Wildman–Crippen LogP) is 3.06. The number of carbonyl (C=O) groups is 1. The topological polar surface area (TPSA) is 66.8 Å². The van der Waals surface area contributed by atoms with Gasteiger partial charge in [-0.05, 0) is 31.4 Å². The minimum Gasteiger partial charge on any atom is -0.335 e. The fourth-order valence-corrected chi connectivity index (χ4v) is 3.47. The zero-order valence-electron chi connectivity index (χ0n) is 14.2. The lowest BCUT2D eigenvalue weighted by Gasteiger charge is -2.33. The van der Waals surface area contributed by atoms with Crippen LogP contribution in [0.5, 0.6) is 0 Å². The molecule has 1 N–H and O–H groups in total. The Balaban J connectivity index is 1.52. The Morgan fingerprint density at radius 3 is 3.00 bits per heavy atom. The van der Waals surface area contributed by atoms with Gasteiger partial charge in [0.2, 0.25) is 0 Å². The number of piperidine rings is 1. The number of aromatic amines is 1. The van der Waals surface area contributed by atoms with E-state index in [4.69, 9.17) is 0 Å². The van der Waals surface area contributed by atoms with Crippen molar-refractivity contribution in [2.24, 2.45) is 0 Å². The van der Waals surface area contributed by atoms with Crippen LogP contribution < -0.4 is 0 Å². The molecule has 6 heteroatoms. The molecule has 1 aliphatic rings. The summed E-state index contributed by atoms with van der Waals surface area (Å²) in [5.74, 6) is 0.0112. The molecule has 0 radical (unpaired) electrons. The molecule has 2 aromatic heterocycles. The molecule has 3 heterocycles. The predicted molar refractivity (Wildman–Crippen MR) is 95.2 cm³/mol. The first-order valence-electron chi connectivity index (χ1n) is 8.60. The van der Waals surface area contributed by atoms with Gasteiger partial charge in [0.1, 0.15) is 5.69 Å². The van der Waals surface area contributed by atoms with Gasteiger partial charge in [-0.3, -0.25) is 9.89 Å². The largest absolute Gasteiger partial charge is 0.335 e. The van der Waals surface area contributed by atoms with Crippen molar-refractivity contribution in [2.75, 3.05) is 13.1 Å². The number of likely N-dealkylation sites (tertiary alicyclic amines) is 1. The van der Waals surface area contributed by atoms with Crippen LogP contribution in [0.3, 0.4) is 0 Å². The van der Waals surface area contributed by atoms with Crippen molar-refractivity contribution in [3.05, 3.63) is 60.3 Å². The van der Waals surface area contributed by atoms with Crippen molar-refractivity contribution in [3.8, 4) is 11.3 Å². The quantitative estimate of drug-likeness (QED) is 0.800. The summed E-state index contributed by atoms with van der Waals surface area (Å²) in [6, 6.07) is 10.2. The first-order valence-corrected chi connectivity index (χ1v) is 8.60. The molecule has 1 amide bonds. The van der Waals surface area contributed by atoms with E-state index in [9.17, 15) is 4.79 Å². The van der Waals surface area contributed by atoms with Crippen molar-refractivity contribution in [2.45, 2.75) is 25.8 Å². The number of rotatable bonds is 3. The minimum absolute atomic E-state index is 0.0112. The normalized spacial score (nSPS) is 17.6. The summed E-state index contributed by atoms with van der Waals surface area (Å²) in [6.07, 6.45) is 7.63. The minimum atomic E-state index is 0.0112. The number of hydrogen-bond donors (Lipinski definition) is 1. The Morgan fingerprint density at radius 2 is 2.20 bits per heavy atom. The van der Waals surface area contributed by atoms with E-state index in [1.165, 1.54) is 0 Å². The highest BCUT2D eigenvalue weighted by molar-refractivity contribution is 5.93. The van der Waals surface area contributed by atoms with Gasteiger partial charge in [-0.25, -0.2) is 4.98 Å². The van der Waals surface area contributed by atoms with Gasteiger partial charge in [-0.15, -0.1) is 0 Å². The third-order valence-corrected chi connectivity index (χ3v) is 4.86. The fraction of sp³-hybridized carbons (Fsp3) is 0.316. The molecule has 1 aromatic carbocycles. The van der Waals surface area contributed by atoms with Crippen LogP contribution in [-0.4, -0.2) is 43.6 Å². The molecular formula is C19H21N5O. The van der Waals surface area contributed by atoms with E-state index in [0.29, 0.717) is 18.3 Å². The lowest BCUT2D eigenvalue weighted by molar-refractivity contribution is 0.0673. The Hall–Kier alpha value is -2.89. The summed E-state index contributed by atoms with van der Waals surface area (Å²) in [7, 11) is 0. The van der Waals surface area contributed by atoms with Crippen molar-refractivity contribution >= 4 is 5.91 Å². The average Bonchev–Trinajstić information content (AvgIpc) is 3.34. The molecule has 0 bridgehead atoms.